The van der Waals surface area contributed by atoms with Crippen LogP contribution in [0.1, 0.15) is 22.8 Å². The highest BCUT2D eigenvalue weighted by atomic mass is 79.9. The molecule has 0 aromatic heterocycles. The van der Waals surface area contributed by atoms with Crippen molar-refractivity contribution in [1.82, 2.24) is 0 Å². The van der Waals surface area contributed by atoms with Crippen molar-refractivity contribution in [3.63, 3.8) is 0 Å². The van der Waals surface area contributed by atoms with Gasteiger partial charge in [-0.1, -0.05) is 15.9 Å². The van der Waals surface area contributed by atoms with Crippen molar-refractivity contribution in [3.05, 3.63) is 57.8 Å². The van der Waals surface area contributed by atoms with Gasteiger partial charge in [0.15, 0.2) is 12.4 Å². The molecule has 0 saturated heterocycles. The van der Waals surface area contributed by atoms with Crippen LogP contribution < -0.4 is 10.1 Å². The first-order valence-electron chi connectivity index (χ1n) is 6.86. The highest BCUT2D eigenvalue weighted by Crippen LogP contribution is 2.22. The minimum Gasteiger partial charge on any atom is -0.483 e. The highest BCUT2D eigenvalue weighted by molar-refractivity contribution is 9.10. The average molecular weight is 380 g/mol. The molecule has 2 aromatic carbocycles. The summed E-state index contributed by atoms with van der Waals surface area (Å²) in [7, 11) is 0. The molecule has 0 atom stereocenters. The summed E-state index contributed by atoms with van der Waals surface area (Å²) in [6.45, 7) is 2.91. The zero-order valence-electron chi connectivity index (χ0n) is 12.7. The Morgan fingerprint density at radius 1 is 1.22 bits per heavy atom. The van der Waals surface area contributed by atoms with Crippen LogP contribution in [0.15, 0.2) is 40.9 Å². The molecule has 0 aliphatic rings. The van der Waals surface area contributed by atoms with Gasteiger partial charge in [-0.3, -0.25) is 9.59 Å². The zero-order valence-corrected chi connectivity index (χ0v) is 14.2. The lowest BCUT2D eigenvalue weighted by molar-refractivity contribution is -0.118. The van der Waals surface area contributed by atoms with Gasteiger partial charge in [-0.25, -0.2) is 4.39 Å². The lowest BCUT2D eigenvalue weighted by Gasteiger charge is -2.11. The molecule has 0 bridgehead atoms. The van der Waals surface area contributed by atoms with Crippen LogP contribution in [0.5, 0.6) is 5.75 Å². The van der Waals surface area contributed by atoms with Crippen LogP contribution in [0.4, 0.5) is 10.1 Å². The Bertz CT molecular complexity index is 761. The average Bonchev–Trinajstić information content (AvgIpc) is 2.48. The number of carbonyl (C=O) groups is 2. The Morgan fingerprint density at radius 3 is 2.61 bits per heavy atom. The van der Waals surface area contributed by atoms with Crippen LogP contribution in [-0.4, -0.2) is 18.3 Å². The van der Waals surface area contributed by atoms with Gasteiger partial charge in [0.25, 0.3) is 5.91 Å². The van der Waals surface area contributed by atoms with Crippen LogP contribution in [0.3, 0.4) is 0 Å². The number of ether oxygens (including phenoxy) is 1. The van der Waals surface area contributed by atoms with Crippen molar-refractivity contribution in [1.29, 1.82) is 0 Å². The summed E-state index contributed by atoms with van der Waals surface area (Å²) in [6, 6.07) is 9.08. The van der Waals surface area contributed by atoms with Crippen molar-refractivity contribution < 1.29 is 18.7 Å². The maximum absolute atomic E-state index is 13.2. The Hall–Kier alpha value is -2.21. The third-order valence-electron chi connectivity index (χ3n) is 3.14. The molecule has 1 N–H and O–H groups in total. The van der Waals surface area contributed by atoms with Crippen molar-refractivity contribution in [3.8, 4) is 5.75 Å². The summed E-state index contributed by atoms with van der Waals surface area (Å²) in [5.41, 5.74) is 1.68. The molecule has 1 amide bonds. The molecule has 0 spiro atoms. The third-order valence-corrected chi connectivity index (χ3v) is 3.64. The number of ketones is 1. The first-order chi connectivity index (χ1) is 10.9. The Morgan fingerprint density at radius 2 is 1.96 bits per heavy atom. The lowest BCUT2D eigenvalue weighted by atomic mass is 10.1. The number of anilines is 1. The van der Waals surface area contributed by atoms with Crippen molar-refractivity contribution in [2.45, 2.75) is 13.8 Å². The molecule has 0 radical (unpaired) electrons. The first-order valence-corrected chi connectivity index (χ1v) is 7.65. The van der Waals surface area contributed by atoms with Gasteiger partial charge in [0.05, 0.1) is 5.56 Å². The molecule has 120 valence electrons. The van der Waals surface area contributed by atoms with Gasteiger partial charge in [-0.2, -0.15) is 0 Å². The fraction of sp³-hybridized carbons (Fsp3) is 0.176. The molecule has 23 heavy (non-hydrogen) atoms. The number of halogens is 2. The normalized spacial score (nSPS) is 10.3. The number of rotatable bonds is 5. The van der Waals surface area contributed by atoms with Gasteiger partial charge < -0.3 is 10.1 Å². The molecule has 0 unspecified atom stereocenters. The number of Topliss-reactive ketones (excluding diaryl/α,β-unsaturated/α-hetero) is 1. The summed E-state index contributed by atoms with van der Waals surface area (Å²) >= 11 is 3.35. The van der Waals surface area contributed by atoms with E-state index < -0.39 is 5.82 Å². The predicted octanol–water partition coefficient (Wildman–Crippen LogP) is 4.12. The second-order valence-corrected chi connectivity index (χ2v) is 5.91. The minimum atomic E-state index is -0.530. The van der Waals surface area contributed by atoms with E-state index in [-0.39, 0.29) is 29.6 Å². The second kappa shape index (κ2) is 7.37. The number of benzene rings is 2. The molecule has 0 aliphatic heterocycles. The van der Waals surface area contributed by atoms with Gasteiger partial charge in [-0.05, 0) is 55.8 Å². The summed E-state index contributed by atoms with van der Waals surface area (Å²) in [5.74, 6) is -1.04. The quantitative estimate of drug-likeness (QED) is 0.795. The molecule has 2 rings (SSSR count). The van der Waals surface area contributed by atoms with Crippen molar-refractivity contribution in [2.24, 2.45) is 0 Å². The molecular weight excluding hydrogens is 365 g/mol. The molecule has 0 fully saturated rings. The van der Waals surface area contributed by atoms with Gasteiger partial charge in [0.1, 0.15) is 11.6 Å². The van der Waals surface area contributed by atoms with E-state index in [4.69, 9.17) is 4.74 Å². The molecular formula is C17H15BrFNO3. The van der Waals surface area contributed by atoms with Crippen LogP contribution >= 0.6 is 15.9 Å². The monoisotopic (exact) mass is 379 g/mol. The fourth-order valence-electron chi connectivity index (χ4n) is 2.00. The van der Waals surface area contributed by atoms with E-state index in [1.807, 2.05) is 19.1 Å². The summed E-state index contributed by atoms with van der Waals surface area (Å²) in [5, 5.41) is 2.72. The van der Waals surface area contributed by atoms with Crippen LogP contribution in [-0.2, 0) is 4.79 Å². The summed E-state index contributed by atoms with van der Waals surface area (Å²) in [4.78, 5) is 23.4. The van der Waals surface area contributed by atoms with E-state index in [1.165, 1.54) is 19.1 Å². The molecule has 6 heteroatoms. The number of hydrogen-bond acceptors (Lipinski definition) is 3. The topological polar surface area (TPSA) is 55.4 Å². The van der Waals surface area contributed by atoms with E-state index in [1.54, 1.807) is 6.07 Å². The molecule has 0 heterocycles. The standard InChI is InChI=1S/C17H15BrFNO3/c1-10-7-12(18)3-5-15(10)20-17(22)9-23-16-6-4-13(19)8-14(16)11(2)21/h3-8H,9H2,1-2H3,(H,20,22). The SMILES string of the molecule is CC(=O)c1cc(F)ccc1OCC(=O)Nc1ccc(Br)cc1C. The maximum atomic E-state index is 13.2. The number of hydrogen-bond donors (Lipinski definition) is 1. The van der Waals surface area contributed by atoms with E-state index in [9.17, 15) is 14.0 Å². The Kier molecular flexibility index (Phi) is 5.50. The maximum Gasteiger partial charge on any atom is 0.262 e. The minimum absolute atomic E-state index is 0.109. The Balaban J connectivity index is 2.03. The lowest BCUT2D eigenvalue weighted by Crippen LogP contribution is -2.21. The van der Waals surface area contributed by atoms with Gasteiger partial charge >= 0.3 is 0 Å². The molecule has 2 aromatic rings. The third kappa shape index (κ3) is 4.63. The smallest absolute Gasteiger partial charge is 0.262 e. The van der Waals surface area contributed by atoms with E-state index in [2.05, 4.69) is 21.2 Å². The van der Waals surface area contributed by atoms with Crippen molar-refractivity contribution in [2.75, 3.05) is 11.9 Å². The largest absolute Gasteiger partial charge is 0.483 e. The van der Waals surface area contributed by atoms with Crippen LogP contribution in [0, 0.1) is 12.7 Å². The Labute approximate surface area is 141 Å². The van der Waals surface area contributed by atoms with E-state index in [0.29, 0.717) is 5.69 Å². The van der Waals surface area contributed by atoms with Crippen molar-refractivity contribution >= 4 is 33.3 Å². The number of amides is 1. The van der Waals surface area contributed by atoms with E-state index >= 15 is 0 Å². The fourth-order valence-corrected chi connectivity index (χ4v) is 2.48. The number of nitrogens with one attached hydrogen (secondary N) is 1. The van der Waals surface area contributed by atoms with Crippen LogP contribution in [0.2, 0.25) is 0 Å². The molecule has 0 saturated carbocycles. The predicted molar refractivity (Wildman–Crippen MR) is 89.4 cm³/mol. The van der Waals surface area contributed by atoms with Gasteiger partial charge in [0, 0.05) is 10.2 Å². The highest BCUT2D eigenvalue weighted by Gasteiger charge is 2.12. The summed E-state index contributed by atoms with van der Waals surface area (Å²) in [6.07, 6.45) is 0. The van der Waals surface area contributed by atoms with Crippen LogP contribution in [0.25, 0.3) is 0 Å². The van der Waals surface area contributed by atoms with E-state index in [0.717, 1.165) is 16.1 Å². The molecule has 4 nitrogen and oxygen atoms in total. The number of carbonyl (C=O) groups excluding carboxylic acids is 2. The second-order valence-electron chi connectivity index (χ2n) is 4.99. The van der Waals surface area contributed by atoms with Gasteiger partial charge in [0.2, 0.25) is 0 Å². The number of aryl methyl sites for hydroxylation is 1. The summed E-state index contributed by atoms with van der Waals surface area (Å²) < 4.78 is 19.4. The zero-order chi connectivity index (χ0) is 17.0. The van der Waals surface area contributed by atoms with Gasteiger partial charge in [-0.15, -0.1) is 0 Å². The molecule has 0 aliphatic carbocycles. The first kappa shape index (κ1) is 17.1.